The highest BCUT2D eigenvalue weighted by molar-refractivity contribution is 5.85. The predicted molar refractivity (Wildman–Crippen MR) is 101 cm³/mol. The number of hydrogen-bond acceptors (Lipinski definition) is 3. The molecule has 1 aliphatic rings. The zero-order valence-corrected chi connectivity index (χ0v) is 15.8. The van der Waals surface area contributed by atoms with E-state index >= 15 is 0 Å². The van der Waals surface area contributed by atoms with Crippen LogP contribution in [0.3, 0.4) is 0 Å². The number of benzene rings is 1. The second-order valence-electron chi connectivity index (χ2n) is 6.79. The van der Waals surface area contributed by atoms with E-state index in [-0.39, 0.29) is 24.4 Å². The third kappa shape index (κ3) is 7.10. The fourth-order valence-electron chi connectivity index (χ4n) is 2.75. The second kappa shape index (κ2) is 10.6. The molecule has 0 spiro atoms. The van der Waals surface area contributed by atoms with Crippen molar-refractivity contribution in [1.82, 2.24) is 10.6 Å². The zero-order valence-electron chi connectivity index (χ0n) is 15.0. The van der Waals surface area contributed by atoms with Crippen LogP contribution in [0.2, 0.25) is 0 Å². The maximum absolute atomic E-state index is 12.3. The number of ether oxygens (including phenoxy) is 1. The summed E-state index contributed by atoms with van der Waals surface area (Å²) in [5.74, 6) is 2.21. The topological polar surface area (TPSA) is 50.4 Å². The Hall–Kier alpha value is -1.26. The van der Waals surface area contributed by atoms with Gasteiger partial charge < -0.3 is 15.4 Å². The van der Waals surface area contributed by atoms with Gasteiger partial charge in [0.25, 0.3) is 0 Å². The normalized spacial score (nSPS) is 14.8. The van der Waals surface area contributed by atoms with Gasteiger partial charge in [0.1, 0.15) is 5.75 Å². The molecule has 0 bridgehead atoms. The minimum atomic E-state index is -0.00650. The van der Waals surface area contributed by atoms with Crippen molar-refractivity contribution < 1.29 is 9.53 Å². The Morgan fingerprint density at radius 1 is 1.29 bits per heavy atom. The molecular weight excluding hydrogens is 324 g/mol. The highest BCUT2D eigenvalue weighted by atomic mass is 35.5. The number of carbonyl (C=O) groups excluding carboxylic acids is 1. The number of para-hydroxylation sites is 1. The molecule has 1 aliphatic carbocycles. The lowest BCUT2D eigenvalue weighted by Gasteiger charge is -2.23. The van der Waals surface area contributed by atoms with Crippen LogP contribution in [0.4, 0.5) is 0 Å². The van der Waals surface area contributed by atoms with Crippen LogP contribution < -0.4 is 15.4 Å². The first-order chi connectivity index (χ1) is 11.1. The van der Waals surface area contributed by atoms with Crippen LogP contribution in [-0.2, 0) is 4.79 Å². The summed E-state index contributed by atoms with van der Waals surface area (Å²) >= 11 is 0. The van der Waals surface area contributed by atoms with Crippen LogP contribution >= 0.6 is 12.4 Å². The van der Waals surface area contributed by atoms with E-state index in [0.717, 1.165) is 30.2 Å². The van der Waals surface area contributed by atoms with E-state index in [1.54, 1.807) is 0 Å². The Labute approximate surface area is 152 Å². The van der Waals surface area contributed by atoms with Gasteiger partial charge in [-0.1, -0.05) is 32.0 Å². The maximum Gasteiger partial charge on any atom is 0.234 e. The number of amides is 1. The average molecular weight is 355 g/mol. The van der Waals surface area contributed by atoms with Crippen molar-refractivity contribution in [3.8, 4) is 5.75 Å². The van der Waals surface area contributed by atoms with Gasteiger partial charge in [0.05, 0.1) is 19.2 Å². The summed E-state index contributed by atoms with van der Waals surface area (Å²) in [6.45, 7) is 8.30. The van der Waals surface area contributed by atoms with E-state index in [4.69, 9.17) is 4.74 Å². The van der Waals surface area contributed by atoms with Gasteiger partial charge in [0.15, 0.2) is 0 Å². The molecule has 1 atom stereocenters. The van der Waals surface area contributed by atoms with Crippen molar-refractivity contribution >= 4 is 18.3 Å². The molecule has 0 aromatic heterocycles. The van der Waals surface area contributed by atoms with E-state index in [0.29, 0.717) is 19.1 Å². The molecule has 1 saturated carbocycles. The van der Waals surface area contributed by atoms with Crippen molar-refractivity contribution in [3.63, 3.8) is 0 Å². The lowest BCUT2D eigenvalue weighted by atomic mass is 9.96. The van der Waals surface area contributed by atoms with Gasteiger partial charge in [-0.2, -0.15) is 0 Å². The lowest BCUT2D eigenvalue weighted by Crippen LogP contribution is -2.37. The monoisotopic (exact) mass is 354 g/mol. The minimum Gasteiger partial charge on any atom is -0.494 e. The highest BCUT2D eigenvalue weighted by Gasteiger charge is 2.22. The Morgan fingerprint density at radius 3 is 2.62 bits per heavy atom. The van der Waals surface area contributed by atoms with Gasteiger partial charge in [-0.05, 0) is 50.6 Å². The van der Waals surface area contributed by atoms with Gasteiger partial charge in [-0.25, -0.2) is 0 Å². The molecule has 2 rings (SSSR count). The van der Waals surface area contributed by atoms with Crippen molar-refractivity contribution in [2.24, 2.45) is 11.8 Å². The molecule has 24 heavy (non-hydrogen) atoms. The zero-order chi connectivity index (χ0) is 16.7. The summed E-state index contributed by atoms with van der Waals surface area (Å²) in [4.78, 5) is 12.3. The summed E-state index contributed by atoms with van der Waals surface area (Å²) in [7, 11) is 0. The summed E-state index contributed by atoms with van der Waals surface area (Å²) in [5, 5.41) is 6.43. The number of nitrogens with one attached hydrogen (secondary N) is 2. The molecule has 1 aromatic carbocycles. The van der Waals surface area contributed by atoms with Gasteiger partial charge in [-0.3, -0.25) is 4.79 Å². The lowest BCUT2D eigenvalue weighted by molar-refractivity contribution is -0.121. The minimum absolute atomic E-state index is 0. The van der Waals surface area contributed by atoms with E-state index < -0.39 is 0 Å². The summed E-state index contributed by atoms with van der Waals surface area (Å²) in [5.41, 5.74) is 1.07. The molecule has 4 nitrogen and oxygen atoms in total. The van der Waals surface area contributed by atoms with Crippen LogP contribution in [0.15, 0.2) is 24.3 Å². The Balaban J connectivity index is 0.00000288. The molecule has 5 heteroatoms. The second-order valence-corrected chi connectivity index (χ2v) is 6.79. The predicted octanol–water partition coefficient (Wildman–Crippen LogP) is 3.71. The maximum atomic E-state index is 12.3. The van der Waals surface area contributed by atoms with E-state index in [1.165, 1.54) is 12.8 Å². The van der Waals surface area contributed by atoms with E-state index in [9.17, 15) is 4.79 Å². The molecule has 0 heterocycles. The molecule has 0 aliphatic heterocycles. The molecule has 1 amide bonds. The van der Waals surface area contributed by atoms with Crippen LogP contribution in [0.5, 0.6) is 5.75 Å². The van der Waals surface area contributed by atoms with Crippen LogP contribution in [0.25, 0.3) is 0 Å². The number of carbonyl (C=O) groups is 1. The SMILES string of the molecule is CCOc1ccccc1C(CC(C)C)NC(=O)CNCC1CC1.Cl. The fraction of sp³-hybridized carbons (Fsp3) is 0.632. The molecule has 1 aromatic rings. The molecular formula is C19H31ClN2O2. The van der Waals surface area contributed by atoms with Crippen molar-refractivity contribution in [2.75, 3.05) is 19.7 Å². The number of hydrogen-bond donors (Lipinski definition) is 2. The smallest absolute Gasteiger partial charge is 0.234 e. The van der Waals surface area contributed by atoms with Gasteiger partial charge in [-0.15, -0.1) is 12.4 Å². The summed E-state index contributed by atoms with van der Waals surface area (Å²) in [6.07, 6.45) is 3.50. The van der Waals surface area contributed by atoms with Crippen LogP contribution in [0.1, 0.15) is 51.6 Å². The molecule has 0 saturated heterocycles. The first-order valence-corrected chi connectivity index (χ1v) is 8.82. The number of halogens is 1. The largest absolute Gasteiger partial charge is 0.494 e. The third-order valence-electron chi connectivity index (χ3n) is 4.05. The van der Waals surface area contributed by atoms with E-state index in [2.05, 4.69) is 30.5 Å². The standard InChI is InChI=1S/C19H30N2O2.ClH/c1-4-23-18-8-6-5-7-16(18)17(11-14(2)3)21-19(22)13-20-12-15-9-10-15;/h5-8,14-15,17,20H,4,9-13H2,1-3H3,(H,21,22);1H. The summed E-state index contributed by atoms with van der Waals surface area (Å²) < 4.78 is 5.74. The number of rotatable bonds is 10. The van der Waals surface area contributed by atoms with Crippen molar-refractivity contribution in [1.29, 1.82) is 0 Å². The Bertz CT molecular complexity index is 504. The fourth-order valence-corrected chi connectivity index (χ4v) is 2.75. The van der Waals surface area contributed by atoms with Crippen LogP contribution in [-0.4, -0.2) is 25.6 Å². The first-order valence-electron chi connectivity index (χ1n) is 8.82. The Morgan fingerprint density at radius 2 is 2.00 bits per heavy atom. The third-order valence-corrected chi connectivity index (χ3v) is 4.05. The van der Waals surface area contributed by atoms with Crippen molar-refractivity contribution in [3.05, 3.63) is 29.8 Å². The molecule has 2 N–H and O–H groups in total. The average Bonchev–Trinajstić information content (AvgIpc) is 3.31. The first kappa shape index (κ1) is 20.8. The molecule has 1 unspecified atom stereocenters. The molecule has 0 radical (unpaired) electrons. The Kier molecular flexibility index (Phi) is 9.16. The van der Waals surface area contributed by atoms with Gasteiger partial charge >= 0.3 is 0 Å². The molecule has 1 fully saturated rings. The van der Waals surface area contributed by atoms with Gasteiger partial charge in [0.2, 0.25) is 5.91 Å². The summed E-state index contributed by atoms with van der Waals surface area (Å²) in [6, 6.07) is 8.00. The highest BCUT2D eigenvalue weighted by Crippen LogP contribution is 2.29. The molecule has 136 valence electrons. The van der Waals surface area contributed by atoms with Gasteiger partial charge in [0, 0.05) is 5.56 Å². The van der Waals surface area contributed by atoms with Crippen LogP contribution in [0, 0.1) is 11.8 Å². The van der Waals surface area contributed by atoms with E-state index in [1.807, 2.05) is 25.1 Å². The van der Waals surface area contributed by atoms with Crippen molar-refractivity contribution in [2.45, 2.75) is 46.1 Å². The quantitative estimate of drug-likeness (QED) is 0.673.